The number of nitrogens with one attached hydrogen (secondary N) is 1. The predicted octanol–water partition coefficient (Wildman–Crippen LogP) is 5.08. The second-order valence-corrected chi connectivity index (χ2v) is 6.67. The summed E-state index contributed by atoms with van der Waals surface area (Å²) in [5.41, 5.74) is 1.40. The van der Waals surface area contributed by atoms with Crippen LogP contribution in [0.1, 0.15) is 24.1 Å². The van der Waals surface area contributed by atoms with Crippen LogP contribution in [0.2, 0.25) is 15.1 Å². The highest BCUT2D eigenvalue weighted by Gasteiger charge is 2.13. The minimum atomic E-state index is -0.656. The quantitative estimate of drug-likeness (QED) is 0.531. The highest BCUT2D eigenvalue weighted by atomic mass is 35.5. The van der Waals surface area contributed by atoms with Crippen LogP contribution >= 0.6 is 34.8 Å². The summed E-state index contributed by atoms with van der Waals surface area (Å²) in [6.07, 6.45) is 2.69. The maximum atomic E-state index is 11.9. The van der Waals surface area contributed by atoms with E-state index in [-0.39, 0.29) is 6.04 Å². The Hall–Kier alpha value is -2.01. The molecule has 0 aliphatic carbocycles. The molecule has 0 bridgehead atoms. The van der Waals surface area contributed by atoms with Gasteiger partial charge in [0.25, 0.3) is 5.91 Å². The molecule has 0 heterocycles. The molecule has 2 rings (SSSR count). The summed E-state index contributed by atoms with van der Waals surface area (Å²) in [6.45, 7) is 1.40. The largest absolute Gasteiger partial charge is 0.452 e. The van der Waals surface area contributed by atoms with Gasteiger partial charge < -0.3 is 10.1 Å². The zero-order valence-corrected chi connectivity index (χ0v) is 16.1. The average molecular weight is 413 g/mol. The number of halogens is 3. The number of hydrogen-bond donors (Lipinski definition) is 1. The molecule has 26 heavy (non-hydrogen) atoms. The van der Waals surface area contributed by atoms with Gasteiger partial charge in [0.05, 0.1) is 6.04 Å². The van der Waals surface area contributed by atoms with E-state index in [0.29, 0.717) is 20.6 Å². The molecule has 0 saturated heterocycles. The van der Waals surface area contributed by atoms with Crippen LogP contribution in [-0.4, -0.2) is 18.5 Å². The van der Waals surface area contributed by atoms with Crippen molar-refractivity contribution in [2.45, 2.75) is 13.0 Å². The highest BCUT2D eigenvalue weighted by Crippen LogP contribution is 2.23. The fraction of sp³-hybridized carbons (Fsp3) is 0.158. The fourth-order valence-corrected chi connectivity index (χ4v) is 2.94. The molecule has 1 N–H and O–H groups in total. The number of benzene rings is 2. The third kappa shape index (κ3) is 6.06. The van der Waals surface area contributed by atoms with Crippen LogP contribution in [0.15, 0.2) is 48.5 Å². The monoisotopic (exact) mass is 411 g/mol. The van der Waals surface area contributed by atoms with E-state index < -0.39 is 18.5 Å². The molecule has 4 nitrogen and oxygen atoms in total. The summed E-state index contributed by atoms with van der Waals surface area (Å²) >= 11 is 17.9. The van der Waals surface area contributed by atoms with Crippen molar-refractivity contribution in [3.63, 3.8) is 0 Å². The minimum Gasteiger partial charge on any atom is -0.452 e. The van der Waals surface area contributed by atoms with Crippen LogP contribution in [-0.2, 0) is 14.3 Å². The second-order valence-electron chi connectivity index (χ2n) is 5.42. The minimum absolute atomic E-state index is 0.307. The summed E-state index contributed by atoms with van der Waals surface area (Å²) in [4.78, 5) is 23.6. The van der Waals surface area contributed by atoms with Gasteiger partial charge in [-0.05, 0) is 42.3 Å². The van der Waals surface area contributed by atoms with Crippen molar-refractivity contribution in [2.24, 2.45) is 0 Å². The lowest BCUT2D eigenvalue weighted by Crippen LogP contribution is -2.31. The Kier molecular flexibility index (Phi) is 7.51. The van der Waals surface area contributed by atoms with Crippen molar-refractivity contribution in [2.75, 3.05) is 6.61 Å². The van der Waals surface area contributed by atoms with Gasteiger partial charge in [0.2, 0.25) is 0 Å². The molecule has 2 aromatic rings. The maximum Gasteiger partial charge on any atom is 0.331 e. The Labute approximate surface area is 166 Å². The van der Waals surface area contributed by atoms with Crippen molar-refractivity contribution < 1.29 is 14.3 Å². The number of carbonyl (C=O) groups is 2. The lowest BCUT2D eigenvalue weighted by molar-refractivity contribution is -0.144. The highest BCUT2D eigenvalue weighted by molar-refractivity contribution is 6.35. The zero-order chi connectivity index (χ0) is 19.1. The van der Waals surface area contributed by atoms with E-state index in [1.165, 1.54) is 12.2 Å². The molecule has 0 spiro atoms. The van der Waals surface area contributed by atoms with E-state index in [0.717, 1.165) is 5.56 Å². The van der Waals surface area contributed by atoms with E-state index in [2.05, 4.69) is 5.32 Å². The van der Waals surface area contributed by atoms with Crippen molar-refractivity contribution in [1.82, 2.24) is 5.32 Å². The summed E-state index contributed by atoms with van der Waals surface area (Å²) < 4.78 is 4.92. The van der Waals surface area contributed by atoms with Crippen molar-refractivity contribution in [3.05, 3.63) is 74.7 Å². The predicted molar refractivity (Wildman–Crippen MR) is 104 cm³/mol. The van der Waals surface area contributed by atoms with Crippen LogP contribution in [0.4, 0.5) is 0 Å². The second kappa shape index (κ2) is 9.62. The van der Waals surface area contributed by atoms with Gasteiger partial charge >= 0.3 is 5.97 Å². The van der Waals surface area contributed by atoms with E-state index in [1.54, 1.807) is 37.3 Å². The molecular weight excluding hydrogens is 397 g/mol. The molecule has 1 amide bonds. The van der Waals surface area contributed by atoms with Gasteiger partial charge in [0, 0.05) is 21.1 Å². The first-order valence-corrected chi connectivity index (χ1v) is 8.84. The van der Waals surface area contributed by atoms with Crippen LogP contribution in [0.3, 0.4) is 0 Å². The first-order chi connectivity index (χ1) is 12.4. The average Bonchev–Trinajstić information content (AvgIpc) is 2.59. The molecule has 0 unspecified atom stereocenters. The Morgan fingerprint density at radius 3 is 2.54 bits per heavy atom. The molecule has 0 saturated carbocycles. The number of hydrogen-bond acceptors (Lipinski definition) is 3. The molecular formula is C19H16Cl3NO3. The Balaban J connectivity index is 1.84. The van der Waals surface area contributed by atoms with Gasteiger partial charge in [0.1, 0.15) is 0 Å². The first-order valence-electron chi connectivity index (χ1n) is 7.70. The van der Waals surface area contributed by atoms with E-state index >= 15 is 0 Å². The van der Waals surface area contributed by atoms with Crippen molar-refractivity contribution >= 4 is 52.8 Å². The van der Waals surface area contributed by atoms with Crippen molar-refractivity contribution in [3.8, 4) is 0 Å². The van der Waals surface area contributed by atoms with Crippen LogP contribution in [0.25, 0.3) is 6.08 Å². The number of esters is 1. The summed E-state index contributed by atoms with van der Waals surface area (Å²) in [7, 11) is 0. The van der Waals surface area contributed by atoms with E-state index in [9.17, 15) is 9.59 Å². The standard InChI is InChI=1S/C19H16Cl3NO3/c1-12(15-4-2-3-5-16(15)21)23-18(24)11-26-19(25)9-7-13-6-8-14(20)10-17(13)22/h2-10,12H,11H2,1H3,(H,23,24)/b9-7+/t12-/m1/s1. The molecule has 2 aromatic carbocycles. The number of ether oxygens (including phenoxy) is 1. The fourth-order valence-electron chi connectivity index (χ4n) is 2.17. The molecule has 0 aliphatic rings. The van der Waals surface area contributed by atoms with Crippen molar-refractivity contribution in [1.29, 1.82) is 0 Å². The topological polar surface area (TPSA) is 55.4 Å². The summed E-state index contributed by atoms with van der Waals surface area (Å²) in [5, 5.41) is 4.19. The molecule has 0 aliphatic heterocycles. The first kappa shape index (κ1) is 20.3. The van der Waals surface area contributed by atoms with Crippen LogP contribution < -0.4 is 5.32 Å². The molecule has 0 fully saturated rings. The maximum absolute atomic E-state index is 11.9. The normalized spacial score (nSPS) is 12.0. The van der Waals surface area contributed by atoms with E-state index in [1.807, 2.05) is 12.1 Å². The summed E-state index contributed by atoms with van der Waals surface area (Å²) in [5.74, 6) is -1.08. The number of amides is 1. The molecule has 136 valence electrons. The third-order valence-electron chi connectivity index (χ3n) is 3.46. The van der Waals surface area contributed by atoms with Gasteiger partial charge in [0.15, 0.2) is 6.61 Å². The van der Waals surface area contributed by atoms with Gasteiger partial charge in [-0.15, -0.1) is 0 Å². The molecule has 7 heteroatoms. The van der Waals surface area contributed by atoms with Crippen LogP contribution in [0.5, 0.6) is 0 Å². The van der Waals surface area contributed by atoms with Gasteiger partial charge in [-0.2, -0.15) is 0 Å². The molecule has 1 atom stereocenters. The molecule has 0 radical (unpaired) electrons. The summed E-state index contributed by atoms with van der Waals surface area (Å²) in [6, 6.07) is 11.8. The lowest BCUT2D eigenvalue weighted by Gasteiger charge is -2.15. The zero-order valence-electron chi connectivity index (χ0n) is 13.8. The number of carbonyl (C=O) groups excluding carboxylic acids is 2. The Morgan fingerprint density at radius 2 is 1.85 bits per heavy atom. The van der Waals surface area contributed by atoms with Crippen LogP contribution in [0, 0.1) is 0 Å². The van der Waals surface area contributed by atoms with Gasteiger partial charge in [-0.25, -0.2) is 4.79 Å². The third-order valence-corrected chi connectivity index (χ3v) is 4.36. The van der Waals surface area contributed by atoms with E-state index in [4.69, 9.17) is 39.5 Å². The Bertz CT molecular complexity index is 837. The molecule has 0 aromatic heterocycles. The van der Waals surface area contributed by atoms with Gasteiger partial charge in [-0.3, -0.25) is 4.79 Å². The van der Waals surface area contributed by atoms with Gasteiger partial charge in [-0.1, -0.05) is 59.1 Å². The number of rotatable bonds is 6. The lowest BCUT2D eigenvalue weighted by atomic mass is 10.1. The Morgan fingerprint density at radius 1 is 1.12 bits per heavy atom. The smallest absolute Gasteiger partial charge is 0.331 e. The SMILES string of the molecule is C[C@@H](NC(=O)COC(=O)/C=C/c1ccc(Cl)cc1Cl)c1ccccc1Cl.